The van der Waals surface area contributed by atoms with Crippen LogP contribution in [0.25, 0.3) is 11.4 Å². The lowest BCUT2D eigenvalue weighted by molar-refractivity contribution is -0.190. The van der Waals surface area contributed by atoms with Crippen molar-refractivity contribution in [1.82, 2.24) is 10.1 Å². The van der Waals surface area contributed by atoms with Gasteiger partial charge in [0.1, 0.15) is 0 Å². The van der Waals surface area contributed by atoms with Crippen molar-refractivity contribution < 1.29 is 17.7 Å². The first kappa shape index (κ1) is 15.0. The third kappa shape index (κ3) is 2.57. The lowest BCUT2D eigenvalue weighted by atomic mass is 10.0. The number of nitrogens with two attached hydrogens (primary N) is 1. The summed E-state index contributed by atoms with van der Waals surface area (Å²) in [4.78, 5) is 3.75. The van der Waals surface area contributed by atoms with Gasteiger partial charge in [0.15, 0.2) is 5.54 Å². The van der Waals surface area contributed by atoms with E-state index in [1.807, 2.05) is 6.92 Å². The fourth-order valence-corrected chi connectivity index (χ4v) is 1.78. The maximum atomic E-state index is 12.8. The van der Waals surface area contributed by atoms with Gasteiger partial charge in [0.05, 0.1) is 0 Å². The van der Waals surface area contributed by atoms with Crippen LogP contribution in [0.1, 0.15) is 18.4 Å². The van der Waals surface area contributed by atoms with Crippen molar-refractivity contribution in [2.24, 2.45) is 5.73 Å². The summed E-state index contributed by atoms with van der Waals surface area (Å²) < 4.78 is 43.8. The minimum absolute atomic E-state index is 0.0571. The van der Waals surface area contributed by atoms with Gasteiger partial charge in [0.2, 0.25) is 5.82 Å². The highest BCUT2D eigenvalue weighted by atomic mass is 79.9. The molecule has 1 aromatic heterocycles. The average Bonchev–Trinajstić information content (AvgIpc) is 2.81. The average molecular weight is 350 g/mol. The van der Waals surface area contributed by atoms with Gasteiger partial charge >= 0.3 is 6.18 Å². The molecule has 108 valence electrons. The first-order chi connectivity index (χ1) is 9.13. The molecule has 1 unspecified atom stereocenters. The van der Waals surface area contributed by atoms with Crippen molar-refractivity contribution in [3.05, 3.63) is 34.1 Å². The number of halogens is 4. The summed E-state index contributed by atoms with van der Waals surface area (Å²) in [6.45, 7) is 2.67. The zero-order valence-corrected chi connectivity index (χ0v) is 12.2. The normalized spacial score (nSPS) is 15.2. The molecule has 0 aliphatic heterocycles. The second-order valence-corrected chi connectivity index (χ2v) is 5.44. The van der Waals surface area contributed by atoms with Gasteiger partial charge < -0.3 is 10.3 Å². The summed E-state index contributed by atoms with van der Waals surface area (Å²) in [5.41, 5.74) is 4.07. The standard InChI is InChI=1S/C12H11BrF3N3O/c1-6-3-4-7(5-8(6)13)9-18-10(20-19-9)11(2,17)12(14,15)16/h3-5H,17H2,1-2H3. The van der Waals surface area contributed by atoms with E-state index >= 15 is 0 Å². The topological polar surface area (TPSA) is 64.9 Å². The van der Waals surface area contributed by atoms with E-state index in [1.54, 1.807) is 18.2 Å². The first-order valence-electron chi connectivity index (χ1n) is 5.59. The van der Waals surface area contributed by atoms with Crippen LogP contribution in [0.5, 0.6) is 0 Å². The molecule has 2 N–H and O–H groups in total. The highest BCUT2D eigenvalue weighted by molar-refractivity contribution is 9.10. The van der Waals surface area contributed by atoms with Crippen molar-refractivity contribution in [1.29, 1.82) is 0 Å². The van der Waals surface area contributed by atoms with Crippen LogP contribution < -0.4 is 5.73 Å². The molecular formula is C12H11BrF3N3O. The number of aromatic nitrogens is 2. The molecule has 0 radical (unpaired) electrons. The molecule has 1 heterocycles. The number of hydrogen-bond donors (Lipinski definition) is 1. The van der Waals surface area contributed by atoms with Crippen molar-refractivity contribution in [3.63, 3.8) is 0 Å². The maximum Gasteiger partial charge on any atom is 0.415 e. The largest absolute Gasteiger partial charge is 0.415 e. The van der Waals surface area contributed by atoms with Crippen LogP contribution in [-0.4, -0.2) is 16.3 Å². The molecule has 0 fully saturated rings. The SMILES string of the molecule is Cc1ccc(-c2noc(C(C)(N)C(F)(F)F)n2)cc1Br. The Bertz CT molecular complexity index is 637. The summed E-state index contributed by atoms with van der Waals surface area (Å²) in [7, 11) is 0. The van der Waals surface area contributed by atoms with E-state index in [9.17, 15) is 13.2 Å². The molecule has 2 rings (SSSR count). The Labute approximate surface area is 121 Å². The Morgan fingerprint density at radius 2 is 1.95 bits per heavy atom. The van der Waals surface area contributed by atoms with Crippen molar-refractivity contribution in [2.75, 3.05) is 0 Å². The second kappa shape index (κ2) is 4.85. The molecule has 8 heteroatoms. The summed E-state index contributed by atoms with van der Waals surface area (Å²) in [6, 6.07) is 5.18. The zero-order chi connectivity index (χ0) is 15.1. The van der Waals surface area contributed by atoms with E-state index < -0.39 is 17.6 Å². The molecule has 0 bridgehead atoms. The first-order valence-corrected chi connectivity index (χ1v) is 6.38. The Balaban J connectivity index is 2.41. The third-order valence-electron chi connectivity index (χ3n) is 2.89. The van der Waals surface area contributed by atoms with Crippen molar-refractivity contribution >= 4 is 15.9 Å². The van der Waals surface area contributed by atoms with Crippen LogP contribution in [0.15, 0.2) is 27.2 Å². The summed E-state index contributed by atoms with van der Waals surface area (Å²) in [5.74, 6) is -0.613. The Kier molecular flexibility index (Phi) is 3.64. The van der Waals surface area contributed by atoms with E-state index in [0.717, 1.165) is 17.0 Å². The quantitative estimate of drug-likeness (QED) is 0.900. The maximum absolute atomic E-state index is 12.8. The van der Waals surface area contributed by atoms with Gasteiger partial charge in [-0.15, -0.1) is 0 Å². The molecule has 0 spiro atoms. The Hall–Kier alpha value is -1.41. The molecule has 0 saturated heterocycles. The fourth-order valence-electron chi connectivity index (χ4n) is 1.40. The predicted octanol–water partition coefficient (Wildman–Crippen LogP) is 3.54. The van der Waals surface area contributed by atoms with E-state index in [1.165, 1.54) is 0 Å². The van der Waals surface area contributed by atoms with Crippen LogP contribution >= 0.6 is 15.9 Å². The number of nitrogens with zero attached hydrogens (tertiary/aromatic N) is 2. The molecule has 2 aromatic rings. The van der Waals surface area contributed by atoms with Gasteiger partial charge in [-0.05, 0) is 25.5 Å². The van der Waals surface area contributed by atoms with Gasteiger partial charge in [-0.1, -0.05) is 33.2 Å². The molecule has 1 aromatic carbocycles. The monoisotopic (exact) mass is 349 g/mol. The molecule has 0 saturated carbocycles. The van der Waals surface area contributed by atoms with Gasteiger partial charge in [0.25, 0.3) is 5.89 Å². The number of hydrogen-bond acceptors (Lipinski definition) is 4. The fraction of sp³-hybridized carbons (Fsp3) is 0.333. The van der Waals surface area contributed by atoms with Gasteiger partial charge in [-0.25, -0.2) is 0 Å². The van der Waals surface area contributed by atoms with Crippen LogP contribution in [0.4, 0.5) is 13.2 Å². The molecule has 20 heavy (non-hydrogen) atoms. The highest BCUT2D eigenvalue weighted by Gasteiger charge is 2.53. The van der Waals surface area contributed by atoms with Crippen LogP contribution in [0.2, 0.25) is 0 Å². The van der Waals surface area contributed by atoms with E-state index in [4.69, 9.17) is 5.73 Å². The van der Waals surface area contributed by atoms with Crippen LogP contribution in [-0.2, 0) is 5.54 Å². The Morgan fingerprint density at radius 1 is 1.30 bits per heavy atom. The highest BCUT2D eigenvalue weighted by Crippen LogP contribution is 2.36. The number of benzene rings is 1. The van der Waals surface area contributed by atoms with E-state index in [2.05, 4.69) is 30.6 Å². The minimum atomic E-state index is -4.68. The molecule has 1 atom stereocenters. The lowest BCUT2D eigenvalue weighted by Gasteiger charge is -2.22. The third-order valence-corrected chi connectivity index (χ3v) is 3.74. The minimum Gasteiger partial charge on any atom is -0.337 e. The molecule has 0 amide bonds. The summed E-state index contributed by atoms with van der Waals surface area (Å²) in [6.07, 6.45) is -4.68. The molecule has 4 nitrogen and oxygen atoms in total. The van der Waals surface area contributed by atoms with Crippen LogP contribution in [0, 0.1) is 6.92 Å². The van der Waals surface area contributed by atoms with Gasteiger partial charge in [0, 0.05) is 10.0 Å². The van der Waals surface area contributed by atoms with Crippen LogP contribution in [0.3, 0.4) is 0 Å². The number of alkyl halides is 3. The second-order valence-electron chi connectivity index (χ2n) is 4.59. The van der Waals surface area contributed by atoms with Gasteiger partial charge in [-0.2, -0.15) is 18.2 Å². The Morgan fingerprint density at radius 3 is 2.50 bits per heavy atom. The van der Waals surface area contributed by atoms with E-state index in [-0.39, 0.29) is 5.82 Å². The molecular weight excluding hydrogens is 339 g/mol. The smallest absolute Gasteiger partial charge is 0.337 e. The summed E-state index contributed by atoms with van der Waals surface area (Å²) >= 11 is 3.33. The summed E-state index contributed by atoms with van der Waals surface area (Å²) in [5, 5.41) is 3.55. The van der Waals surface area contributed by atoms with Gasteiger partial charge in [-0.3, -0.25) is 0 Å². The predicted molar refractivity (Wildman–Crippen MR) is 69.8 cm³/mol. The van der Waals surface area contributed by atoms with Crippen molar-refractivity contribution in [3.8, 4) is 11.4 Å². The number of aryl methyl sites for hydroxylation is 1. The zero-order valence-electron chi connectivity index (χ0n) is 10.6. The number of rotatable bonds is 2. The molecule has 0 aliphatic rings. The van der Waals surface area contributed by atoms with E-state index in [0.29, 0.717) is 5.56 Å². The lowest BCUT2D eigenvalue weighted by Crippen LogP contribution is -2.47. The molecule has 0 aliphatic carbocycles. The van der Waals surface area contributed by atoms with Crippen molar-refractivity contribution in [2.45, 2.75) is 25.6 Å².